The minimum absolute atomic E-state index is 0.00815. The third-order valence-electron chi connectivity index (χ3n) is 6.47. The van der Waals surface area contributed by atoms with Gasteiger partial charge in [0.05, 0.1) is 17.1 Å². The summed E-state index contributed by atoms with van der Waals surface area (Å²) in [7, 11) is -4.08. The van der Waals surface area contributed by atoms with Crippen molar-refractivity contribution in [2.24, 2.45) is 5.92 Å². The van der Waals surface area contributed by atoms with Crippen molar-refractivity contribution >= 4 is 21.7 Å². The van der Waals surface area contributed by atoms with Gasteiger partial charge in [0, 0.05) is 29.3 Å². The summed E-state index contributed by atoms with van der Waals surface area (Å²) in [5.41, 5.74) is 0.692. The van der Waals surface area contributed by atoms with Gasteiger partial charge in [-0.05, 0) is 63.3 Å². The normalized spacial score (nSPS) is 22.4. The Morgan fingerprint density at radius 1 is 1.18 bits per heavy atom. The molecule has 1 aromatic heterocycles. The van der Waals surface area contributed by atoms with Gasteiger partial charge < -0.3 is 9.64 Å². The molecule has 1 saturated heterocycles. The van der Waals surface area contributed by atoms with E-state index in [2.05, 4.69) is 44.2 Å². The first kappa shape index (κ1) is 23.5. The van der Waals surface area contributed by atoms with Crippen LogP contribution in [0.4, 0.5) is 5.82 Å². The first-order valence-corrected chi connectivity index (χ1v) is 12.9. The van der Waals surface area contributed by atoms with Crippen LogP contribution in [0.15, 0.2) is 41.3 Å². The fourth-order valence-electron chi connectivity index (χ4n) is 4.73. The average Bonchev–Trinajstić information content (AvgIpc) is 3.03. The van der Waals surface area contributed by atoms with Crippen molar-refractivity contribution in [3.05, 3.63) is 47.7 Å². The van der Waals surface area contributed by atoms with Gasteiger partial charge in [-0.2, -0.15) is 0 Å². The Balaban J connectivity index is 1.84. The van der Waals surface area contributed by atoms with Crippen molar-refractivity contribution in [1.82, 2.24) is 9.71 Å². The highest BCUT2D eigenvalue weighted by Gasteiger charge is 2.41. The zero-order chi connectivity index (χ0) is 24.0. The lowest BCUT2D eigenvalue weighted by Crippen LogP contribution is -2.41. The zero-order valence-electron chi connectivity index (χ0n) is 20.0. The van der Waals surface area contributed by atoms with Crippen LogP contribution in [-0.4, -0.2) is 38.0 Å². The number of aromatic nitrogens is 1. The van der Waals surface area contributed by atoms with E-state index in [1.807, 2.05) is 6.07 Å². The summed E-state index contributed by atoms with van der Waals surface area (Å²) in [5, 5.41) is 0. The molecular weight excluding hydrogens is 438 g/mol. The van der Waals surface area contributed by atoms with E-state index in [-0.39, 0.29) is 21.4 Å². The molecule has 33 heavy (non-hydrogen) atoms. The molecule has 4 bridgehead atoms. The first-order valence-electron chi connectivity index (χ1n) is 11.5. The summed E-state index contributed by atoms with van der Waals surface area (Å²) in [4.78, 5) is 20.4. The smallest absolute Gasteiger partial charge is 0.268 e. The standard InChI is InChI=1S/C25H33N3O4S/c1-24(2,3)21-12-11-20-22(26-21)28-16-17(15-25(28,4)5)8-7-13-32-18-9-6-10-19(14-18)33(30,31)27-23(20)29/h6,9-12,14,17H,7-8,13,15-16H2,1-5H3,(H,27,29). The Bertz CT molecular complexity index is 1170. The molecule has 2 aliphatic rings. The molecule has 0 spiro atoms. The van der Waals surface area contributed by atoms with Gasteiger partial charge in [-0.15, -0.1) is 0 Å². The van der Waals surface area contributed by atoms with Crippen LogP contribution in [0.2, 0.25) is 0 Å². The lowest BCUT2D eigenvalue weighted by Gasteiger charge is -2.34. The fraction of sp³-hybridized carbons (Fsp3) is 0.520. The zero-order valence-corrected chi connectivity index (χ0v) is 20.8. The number of ether oxygens (including phenoxy) is 1. The van der Waals surface area contributed by atoms with Crippen LogP contribution in [0.3, 0.4) is 0 Å². The van der Waals surface area contributed by atoms with Gasteiger partial charge in [0.25, 0.3) is 15.9 Å². The molecule has 1 amide bonds. The van der Waals surface area contributed by atoms with E-state index in [1.54, 1.807) is 18.2 Å². The van der Waals surface area contributed by atoms with Crippen molar-refractivity contribution in [3.63, 3.8) is 0 Å². The molecule has 178 valence electrons. The molecule has 2 aliphatic heterocycles. The number of nitrogens with one attached hydrogen (secondary N) is 1. The quantitative estimate of drug-likeness (QED) is 0.617. The molecule has 8 heteroatoms. The lowest BCUT2D eigenvalue weighted by molar-refractivity contribution is 0.0981. The highest BCUT2D eigenvalue weighted by Crippen LogP contribution is 2.40. The molecule has 0 radical (unpaired) electrons. The Hall–Kier alpha value is -2.61. The molecule has 0 aliphatic carbocycles. The van der Waals surface area contributed by atoms with E-state index < -0.39 is 15.9 Å². The van der Waals surface area contributed by atoms with Crippen molar-refractivity contribution < 1.29 is 17.9 Å². The molecule has 7 nitrogen and oxygen atoms in total. The third-order valence-corrected chi connectivity index (χ3v) is 7.80. The highest BCUT2D eigenvalue weighted by molar-refractivity contribution is 7.90. The van der Waals surface area contributed by atoms with E-state index >= 15 is 0 Å². The number of anilines is 1. The van der Waals surface area contributed by atoms with Gasteiger partial charge >= 0.3 is 0 Å². The van der Waals surface area contributed by atoms with Gasteiger partial charge in [-0.3, -0.25) is 4.79 Å². The number of amides is 1. The summed E-state index contributed by atoms with van der Waals surface area (Å²) in [5.74, 6) is 0.770. The minimum Gasteiger partial charge on any atom is -0.494 e. The van der Waals surface area contributed by atoms with Crippen LogP contribution in [0.1, 0.15) is 69.9 Å². The highest BCUT2D eigenvalue weighted by atomic mass is 32.2. The van der Waals surface area contributed by atoms with Crippen molar-refractivity contribution in [3.8, 4) is 5.75 Å². The summed E-state index contributed by atoms with van der Waals surface area (Å²) < 4.78 is 34.1. The molecule has 1 N–H and O–H groups in total. The lowest BCUT2D eigenvalue weighted by atomic mass is 9.91. The number of pyridine rings is 1. The molecule has 1 unspecified atom stereocenters. The Morgan fingerprint density at radius 3 is 2.67 bits per heavy atom. The van der Waals surface area contributed by atoms with Crippen molar-refractivity contribution in [2.75, 3.05) is 18.1 Å². The van der Waals surface area contributed by atoms with Gasteiger partial charge in [0.2, 0.25) is 0 Å². The predicted molar refractivity (Wildman–Crippen MR) is 128 cm³/mol. The fourth-order valence-corrected chi connectivity index (χ4v) is 5.73. The number of hydrogen-bond acceptors (Lipinski definition) is 6. The van der Waals surface area contributed by atoms with Crippen LogP contribution in [0.25, 0.3) is 0 Å². The van der Waals surface area contributed by atoms with E-state index in [0.29, 0.717) is 24.1 Å². The number of benzene rings is 1. The number of carbonyl (C=O) groups excluding carboxylic acids is 1. The first-order chi connectivity index (χ1) is 15.4. The molecule has 3 heterocycles. The molecule has 1 fully saturated rings. The second kappa shape index (κ2) is 8.31. The third kappa shape index (κ3) is 4.86. The number of fused-ring (bicyclic) bond motifs is 6. The van der Waals surface area contributed by atoms with Gasteiger partial charge in [-0.1, -0.05) is 26.8 Å². The number of hydrogen-bond donors (Lipinski definition) is 1. The molecular formula is C25H33N3O4S. The summed E-state index contributed by atoms with van der Waals surface area (Å²) in [6.07, 6.45) is 2.81. The summed E-state index contributed by atoms with van der Waals surface area (Å²) >= 11 is 0. The van der Waals surface area contributed by atoms with Crippen LogP contribution < -0.4 is 14.4 Å². The monoisotopic (exact) mass is 471 g/mol. The summed E-state index contributed by atoms with van der Waals surface area (Å²) in [6.45, 7) is 11.8. The second-order valence-corrected chi connectivity index (χ2v) is 12.4. The number of sulfonamides is 1. The molecule has 1 atom stereocenters. The Kier molecular flexibility index (Phi) is 5.93. The van der Waals surface area contributed by atoms with Crippen molar-refractivity contribution in [2.45, 2.75) is 69.7 Å². The second-order valence-electron chi connectivity index (χ2n) is 10.7. The van der Waals surface area contributed by atoms with E-state index in [1.165, 1.54) is 12.1 Å². The number of rotatable bonds is 0. The van der Waals surface area contributed by atoms with Gasteiger partial charge in [0.15, 0.2) is 0 Å². The molecule has 0 saturated carbocycles. The number of nitrogens with zero attached hydrogens (tertiary/aromatic N) is 2. The SMILES string of the molecule is CC(C)(C)c1ccc2c(n1)N1CC(CCCOc3cccc(c3)S(=O)(=O)NC2=O)CC1(C)C. The van der Waals surface area contributed by atoms with Crippen LogP contribution >= 0.6 is 0 Å². The predicted octanol–water partition coefficient (Wildman–Crippen LogP) is 4.28. The van der Waals surface area contributed by atoms with E-state index in [9.17, 15) is 13.2 Å². The maximum absolute atomic E-state index is 13.3. The van der Waals surface area contributed by atoms with Gasteiger partial charge in [0.1, 0.15) is 11.6 Å². The van der Waals surface area contributed by atoms with Crippen molar-refractivity contribution in [1.29, 1.82) is 0 Å². The topological polar surface area (TPSA) is 88.6 Å². The molecule has 1 aromatic carbocycles. The average molecular weight is 472 g/mol. The van der Waals surface area contributed by atoms with Crippen LogP contribution in [-0.2, 0) is 15.4 Å². The molecule has 2 aromatic rings. The maximum Gasteiger partial charge on any atom is 0.268 e. The van der Waals surface area contributed by atoms with Crippen LogP contribution in [0.5, 0.6) is 5.75 Å². The molecule has 4 rings (SSSR count). The number of carbonyl (C=O) groups is 1. The Labute approximate surface area is 196 Å². The minimum atomic E-state index is -4.08. The van der Waals surface area contributed by atoms with E-state index in [4.69, 9.17) is 9.72 Å². The maximum atomic E-state index is 13.3. The van der Waals surface area contributed by atoms with Gasteiger partial charge in [-0.25, -0.2) is 18.1 Å². The Morgan fingerprint density at radius 2 is 1.94 bits per heavy atom. The van der Waals surface area contributed by atoms with E-state index in [0.717, 1.165) is 31.5 Å². The summed E-state index contributed by atoms with van der Waals surface area (Å²) in [6, 6.07) is 9.77. The van der Waals surface area contributed by atoms with Crippen LogP contribution in [0, 0.1) is 5.92 Å². The largest absolute Gasteiger partial charge is 0.494 e.